The Bertz CT molecular complexity index is 1310. The van der Waals surface area contributed by atoms with E-state index in [1.165, 1.54) is 0 Å². The van der Waals surface area contributed by atoms with Crippen molar-refractivity contribution in [3.8, 4) is 17.6 Å². The Hall–Kier alpha value is -3.55. The van der Waals surface area contributed by atoms with Crippen LogP contribution in [0.4, 0.5) is 5.69 Å². The second kappa shape index (κ2) is 9.13. The molecule has 2 heterocycles. The summed E-state index contributed by atoms with van der Waals surface area (Å²) in [6.07, 6.45) is 4.76. The summed E-state index contributed by atoms with van der Waals surface area (Å²) in [5.41, 5.74) is 8.44. The number of hydrogen-bond donors (Lipinski definition) is 3. The Kier molecular flexibility index (Phi) is 6.26. The van der Waals surface area contributed by atoms with Gasteiger partial charge in [0, 0.05) is 29.3 Å². The van der Waals surface area contributed by atoms with Gasteiger partial charge in [-0.3, -0.25) is 9.52 Å². The summed E-state index contributed by atoms with van der Waals surface area (Å²) in [4.78, 5) is 17.5. The Morgan fingerprint density at radius 1 is 1.30 bits per heavy atom. The lowest BCUT2D eigenvalue weighted by molar-refractivity contribution is -0.132. The van der Waals surface area contributed by atoms with Gasteiger partial charge in [0.25, 0.3) is 0 Å². The van der Waals surface area contributed by atoms with Crippen LogP contribution in [-0.2, 0) is 21.2 Å². The minimum absolute atomic E-state index is 0.205. The fourth-order valence-corrected chi connectivity index (χ4v) is 4.60. The van der Waals surface area contributed by atoms with Crippen LogP contribution in [0.1, 0.15) is 18.4 Å². The predicted octanol–water partition coefficient (Wildman–Crippen LogP) is 2.72. The topological polar surface area (TPSA) is 141 Å². The zero-order chi connectivity index (χ0) is 23.6. The summed E-state index contributed by atoms with van der Waals surface area (Å²) in [6.45, 7) is 0.565. The molecule has 1 fully saturated rings. The minimum atomic E-state index is -3.35. The second-order valence-electron chi connectivity index (χ2n) is 8.15. The van der Waals surface area contributed by atoms with E-state index in [-0.39, 0.29) is 5.91 Å². The van der Waals surface area contributed by atoms with Gasteiger partial charge in [-0.1, -0.05) is 0 Å². The van der Waals surface area contributed by atoms with Crippen molar-refractivity contribution < 1.29 is 17.9 Å². The third kappa shape index (κ3) is 5.27. The van der Waals surface area contributed by atoms with E-state index in [0.29, 0.717) is 36.6 Å². The highest BCUT2D eigenvalue weighted by Crippen LogP contribution is 2.29. The van der Waals surface area contributed by atoms with Gasteiger partial charge in [0.15, 0.2) is 0 Å². The number of H-pyrrole nitrogens is 1. The lowest BCUT2D eigenvalue weighted by Crippen LogP contribution is -2.46. The highest BCUT2D eigenvalue weighted by molar-refractivity contribution is 7.92. The Morgan fingerprint density at radius 3 is 2.73 bits per heavy atom. The van der Waals surface area contributed by atoms with E-state index in [2.05, 4.69) is 15.8 Å². The molecule has 2 unspecified atom stereocenters. The van der Waals surface area contributed by atoms with E-state index in [1.807, 2.05) is 24.4 Å². The number of benzene rings is 2. The number of rotatable bonds is 7. The fraction of sp³-hybridized carbons (Fsp3) is 0.304. The number of nitrogens with one attached hydrogen (secondary N) is 2. The average Bonchev–Trinajstić information content (AvgIpc) is 3.40. The number of hydrogen-bond acceptors (Lipinski definition) is 6. The largest absolute Gasteiger partial charge is 0.457 e. The van der Waals surface area contributed by atoms with Crippen molar-refractivity contribution in [3.63, 3.8) is 0 Å². The molecule has 1 saturated heterocycles. The monoisotopic (exact) mass is 467 g/mol. The molecule has 33 heavy (non-hydrogen) atoms. The summed E-state index contributed by atoms with van der Waals surface area (Å²) >= 11 is 0. The molecule has 1 aromatic heterocycles. The maximum absolute atomic E-state index is 12.8. The van der Waals surface area contributed by atoms with Crippen LogP contribution >= 0.6 is 0 Å². The molecule has 0 bridgehead atoms. The zero-order valence-electron chi connectivity index (χ0n) is 18.1. The maximum Gasteiger partial charge on any atom is 0.240 e. The number of fused-ring (bicyclic) bond motifs is 1. The van der Waals surface area contributed by atoms with E-state index < -0.39 is 22.1 Å². The molecule has 0 aliphatic carbocycles. The Morgan fingerprint density at radius 2 is 2.03 bits per heavy atom. The van der Waals surface area contributed by atoms with Crippen molar-refractivity contribution in [1.82, 2.24) is 9.88 Å². The molecule has 0 radical (unpaired) electrons. The summed E-state index contributed by atoms with van der Waals surface area (Å²) in [6, 6.07) is 13.2. The zero-order valence-corrected chi connectivity index (χ0v) is 18.9. The van der Waals surface area contributed by atoms with Crippen molar-refractivity contribution in [1.29, 1.82) is 5.26 Å². The molecular weight excluding hydrogens is 442 g/mol. The molecule has 1 aliphatic heterocycles. The standard InChI is InChI=1S/C23H25N5O4S/c1-33(30,31)27-16-4-6-18(7-5-16)32-19-8-9-22-20(12-19)15(14-26-22)11-21(25)23(29)28-10-2-3-17(28)13-24/h4-9,12,14,17,21,26-27H,2-3,10-11,25H2,1H3. The van der Waals surface area contributed by atoms with Crippen LogP contribution in [-0.4, -0.2) is 49.1 Å². The minimum Gasteiger partial charge on any atom is -0.457 e. The van der Waals surface area contributed by atoms with E-state index >= 15 is 0 Å². The van der Waals surface area contributed by atoms with Gasteiger partial charge in [-0.05, 0) is 67.3 Å². The molecule has 2 atom stereocenters. The first-order valence-corrected chi connectivity index (χ1v) is 12.4. The number of nitrogens with two attached hydrogens (primary N) is 1. The summed E-state index contributed by atoms with van der Waals surface area (Å²) in [5.74, 6) is 0.939. The molecule has 4 N–H and O–H groups in total. The number of anilines is 1. The molecule has 3 aromatic rings. The molecule has 172 valence electrons. The van der Waals surface area contributed by atoms with Gasteiger partial charge >= 0.3 is 0 Å². The van der Waals surface area contributed by atoms with Crippen LogP contribution < -0.4 is 15.2 Å². The second-order valence-corrected chi connectivity index (χ2v) is 9.90. The maximum atomic E-state index is 12.8. The molecule has 0 spiro atoms. The van der Waals surface area contributed by atoms with Gasteiger partial charge in [-0.2, -0.15) is 5.26 Å². The van der Waals surface area contributed by atoms with Crippen LogP contribution in [0.25, 0.3) is 10.9 Å². The Balaban J connectivity index is 1.48. The highest BCUT2D eigenvalue weighted by Gasteiger charge is 2.31. The molecule has 9 nitrogen and oxygen atoms in total. The number of sulfonamides is 1. The number of aromatic nitrogens is 1. The van der Waals surface area contributed by atoms with Crippen molar-refractivity contribution >= 4 is 32.5 Å². The van der Waals surface area contributed by atoms with Gasteiger partial charge in [0.2, 0.25) is 15.9 Å². The number of aromatic amines is 1. The number of carbonyl (C=O) groups excluding carboxylic acids is 1. The normalized spacial score (nSPS) is 17.0. The van der Waals surface area contributed by atoms with Gasteiger partial charge in [0.05, 0.1) is 18.4 Å². The smallest absolute Gasteiger partial charge is 0.240 e. The van der Waals surface area contributed by atoms with Crippen molar-refractivity contribution in [2.75, 3.05) is 17.5 Å². The lowest BCUT2D eigenvalue weighted by Gasteiger charge is -2.23. The number of amides is 1. The third-order valence-electron chi connectivity index (χ3n) is 5.57. The molecule has 0 saturated carbocycles. The summed E-state index contributed by atoms with van der Waals surface area (Å²) in [5, 5.41) is 10.1. The molecule has 1 amide bonds. The molecule has 1 aliphatic rings. The molecular formula is C23H25N5O4S. The van der Waals surface area contributed by atoms with Gasteiger partial charge in [-0.25, -0.2) is 8.42 Å². The van der Waals surface area contributed by atoms with E-state index in [9.17, 15) is 18.5 Å². The summed E-state index contributed by atoms with van der Waals surface area (Å²) in [7, 11) is -3.35. The highest BCUT2D eigenvalue weighted by atomic mass is 32.2. The number of likely N-dealkylation sites (tertiary alicyclic amines) is 1. The van der Waals surface area contributed by atoms with Crippen LogP contribution in [0.2, 0.25) is 0 Å². The number of ether oxygens (including phenoxy) is 1. The quantitative estimate of drug-likeness (QED) is 0.488. The SMILES string of the molecule is CS(=O)(=O)Nc1ccc(Oc2ccc3[nH]cc(CC(N)C(=O)N4CCCC4C#N)c3c2)cc1. The van der Waals surface area contributed by atoms with Crippen molar-refractivity contribution in [2.24, 2.45) is 5.73 Å². The molecule has 4 rings (SSSR count). The lowest BCUT2D eigenvalue weighted by atomic mass is 10.0. The fourth-order valence-electron chi connectivity index (χ4n) is 4.03. The molecule has 2 aromatic carbocycles. The first-order chi connectivity index (χ1) is 15.7. The third-order valence-corrected chi connectivity index (χ3v) is 6.18. The van der Waals surface area contributed by atoms with E-state index in [1.54, 1.807) is 29.2 Å². The Labute approximate surface area is 192 Å². The van der Waals surface area contributed by atoms with E-state index in [0.717, 1.165) is 29.1 Å². The van der Waals surface area contributed by atoms with Gasteiger partial charge in [-0.15, -0.1) is 0 Å². The van der Waals surface area contributed by atoms with Crippen LogP contribution in [0.5, 0.6) is 11.5 Å². The number of nitriles is 1. The van der Waals surface area contributed by atoms with Crippen LogP contribution in [0, 0.1) is 11.3 Å². The van der Waals surface area contributed by atoms with Crippen molar-refractivity contribution in [3.05, 3.63) is 54.2 Å². The first-order valence-electron chi connectivity index (χ1n) is 10.5. The van der Waals surface area contributed by atoms with Crippen LogP contribution in [0.15, 0.2) is 48.7 Å². The molecule has 10 heteroatoms. The van der Waals surface area contributed by atoms with Crippen LogP contribution in [0.3, 0.4) is 0 Å². The van der Waals surface area contributed by atoms with E-state index in [4.69, 9.17) is 10.5 Å². The number of nitrogens with zero attached hydrogens (tertiary/aromatic N) is 2. The average molecular weight is 468 g/mol. The van der Waals surface area contributed by atoms with Gasteiger partial charge in [0.1, 0.15) is 17.5 Å². The van der Waals surface area contributed by atoms with Crippen molar-refractivity contribution in [2.45, 2.75) is 31.3 Å². The number of carbonyl (C=O) groups is 1. The summed E-state index contributed by atoms with van der Waals surface area (Å²) < 4.78 is 31.0. The predicted molar refractivity (Wildman–Crippen MR) is 125 cm³/mol. The van der Waals surface area contributed by atoms with Gasteiger partial charge < -0.3 is 20.4 Å². The first kappa shape index (κ1) is 22.6.